The third-order valence-electron chi connectivity index (χ3n) is 3.26. The average molecular weight is 357 g/mol. The third-order valence-corrected chi connectivity index (χ3v) is 4.16. The van der Waals surface area contributed by atoms with Crippen LogP contribution in [0, 0.1) is 10.1 Å². The number of hydrogen-bond acceptors (Lipinski definition) is 7. The molecule has 3 rings (SSSR count). The van der Waals surface area contributed by atoms with E-state index >= 15 is 0 Å². The number of hydrogen-bond donors (Lipinski definition) is 0. The molecule has 0 aliphatic rings. The van der Waals surface area contributed by atoms with Gasteiger partial charge < -0.3 is 9.15 Å². The summed E-state index contributed by atoms with van der Waals surface area (Å²) in [7, 11) is 0. The Kier molecular flexibility index (Phi) is 5.63. The van der Waals surface area contributed by atoms with Gasteiger partial charge in [0.15, 0.2) is 0 Å². The van der Waals surface area contributed by atoms with Crippen LogP contribution < -0.4 is 4.74 Å². The number of thioether (sulfide) groups is 1. The molecule has 2 aromatic carbocycles. The van der Waals surface area contributed by atoms with Crippen LogP contribution in [-0.4, -0.2) is 27.5 Å². The van der Waals surface area contributed by atoms with Crippen LogP contribution in [0.4, 0.5) is 5.69 Å². The highest BCUT2D eigenvalue weighted by Gasteiger charge is 2.08. The molecule has 0 saturated carbocycles. The number of ether oxygens (including phenoxy) is 1. The van der Waals surface area contributed by atoms with Crippen LogP contribution in [0.5, 0.6) is 5.75 Å². The largest absolute Gasteiger partial charge is 0.494 e. The molecule has 128 valence electrons. The maximum absolute atomic E-state index is 10.6. The van der Waals surface area contributed by atoms with E-state index in [1.165, 1.54) is 23.9 Å². The maximum atomic E-state index is 10.6. The van der Waals surface area contributed by atoms with Crippen LogP contribution in [-0.2, 0) is 0 Å². The van der Waals surface area contributed by atoms with Crippen LogP contribution in [0.25, 0.3) is 11.5 Å². The van der Waals surface area contributed by atoms with E-state index in [1.807, 2.05) is 30.3 Å². The van der Waals surface area contributed by atoms with Crippen molar-refractivity contribution >= 4 is 17.4 Å². The van der Waals surface area contributed by atoms with Gasteiger partial charge in [0, 0.05) is 23.4 Å². The van der Waals surface area contributed by atoms with Gasteiger partial charge in [0.05, 0.1) is 11.5 Å². The van der Waals surface area contributed by atoms with Gasteiger partial charge >= 0.3 is 0 Å². The fraction of sp³-hybridized carbons (Fsp3) is 0.176. The van der Waals surface area contributed by atoms with Crippen molar-refractivity contribution in [1.29, 1.82) is 0 Å². The molecule has 0 fully saturated rings. The molecule has 1 heterocycles. The molecule has 0 atom stereocenters. The molecular formula is C17H15N3O4S. The molecule has 25 heavy (non-hydrogen) atoms. The molecule has 0 unspecified atom stereocenters. The zero-order chi connectivity index (χ0) is 17.5. The molecular weight excluding hydrogens is 342 g/mol. The normalized spacial score (nSPS) is 10.6. The summed E-state index contributed by atoms with van der Waals surface area (Å²) >= 11 is 1.47. The van der Waals surface area contributed by atoms with Crippen LogP contribution in [0.15, 0.2) is 64.2 Å². The van der Waals surface area contributed by atoms with E-state index in [9.17, 15) is 10.1 Å². The molecule has 0 spiro atoms. The number of aromatic nitrogens is 2. The van der Waals surface area contributed by atoms with E-state index in [0.29, 0.717) is 23.5 Å². The first-order chi connectivity index (χ1) is 12.2. The van der Waals surface area contributed by atoms with Gasteiger partial charge in [-0.25, -0.2) is 0 Å². The van der Waals surface area contributed by atoms with E-state index in [1.54, 1.807) is 12.1 Å². The number of nitro benzene ring substituents is 1. The summed E-state index contributed by atoms with van der Waals surface area (Å²) < 4.78 is 11.2. The lowest BCUT2D eigenvalue weighted by Gasteiger charge is -2.04. The molecule has 7 nitrogen and oxygen atoms in total. The van der Waals surface area contributed by atoms with Gasteiger partial charge in [-0.2, -0.15) is 0 Å². The summed E-state index contributed by atoms with van der Waals surface area (Å²) in [5.41, 5.74) is 0.942. The molecule has 0 radical (unpaired) electrons. The summed E-state index contributed by atoms with van der Waals surface area (Å²) in [6.07, 6.45) is 0.782. The van der Waals surface area contributed by atoms with Gasteiger partial charge in [-0.15, -0.1) is 10.2 Å². The highest BCUT2D eigenvalue weighted by atomic mass is 32.2. The minimum Gasteiger partial charge on any atom is -0.494 e. The third kappa shape index (κ3) is 4.80. The highest BCUT2D eigenvalue weighted by molar-refractivity contribution is 7.99. The minimum atomic E-state index is -0.436. The molecule has 1 aromatic heterocycles. The number of benzene rings is 2. The predicted octanol–water partition coefficient (Wildman–Crippen LogP) is 4.21. The minimum absolute atomic E-state index is 0.0496. The molecule has 0 aliphatic heterocycles. The Balaban J connectivity index is 1.40. The lowest BCUT2D eigenvalue weighted by molar-refractivity contribution is -0.384. The summed E-state index contributed by atoms with van der Waals surface area (Å²) in [5.74, 6) is 1.88. The van der Waals surface area contributed by atoms with E-state index in [-0.39, 0.29) is 5.69 Å². The van der Waals surface area contributed by atoms with Gasteiger partial charge in [-0.3, -0.25) is 10.1 Å². The van der Waals surface area contributed by atoms with Gasteiger partial charge in [0.1, 0.15) is 5.75 Å². The second-order valence-electron chi connectivity index (χ2n) is 5.04. The molecule has 0 N–H and O–H groups in total. The van der Waals surface area contributed by atoms with Crippen molar-refractivity contribution in [3.05, 3.63) is 64.7 Å². The van der Waals surface area contributed by atoms with Gasteiger partial charge in [0.25, 0.3) is 10.9 Å². The van der Waals surface area contributed by atoms with Gasteiger partial charge in [-0.05, 0) is 30.7 Å². The zero-order valence-corrected chi connectivity index (χ0v) is 14.0. The quantitative estimate of drug-likeness (QED) is 0.258. The molecule has 8 heteroatoms. The Hall–Kier alpha value is -2.87. The van der Waals surface area contributed by atoms with Crippen molar-refractivity contribution in [3.63, 3.8) is 0 Å². The van der Waals surface area contributed by atoms with Crippen molar-refractivity contribution in [3.8, 4) is 17.2 Å². The summed E-state index contributed by atoms with van der Waals surface area (Å²) in [5, 5.41) is 19.2. The van der Waals surface area contributed by atoms with E-state index in [4.69, 9.17) is 9.15 Å². The SMILES string of the molecule is O=[N+]([O-])c1ccc(OCCCSc2nnc(-c3ccccc3)o2)cc1. The Labute approximate surface area is 148 Å². The number of nitro groups is 1. The van der Waals surface area contributed by atoms with E-state index in [2.05, 4.69) is 10.2 Å². The van der Waals surface area contributed by atoms with E-state index < -0.39 is 4.92 Å². The molecule has 0 amide bonds. The highest BCUT2D eigenvalue weighted by Crippen LogP contribution is 2.23. The van der Waals surface area contributed by atoms with Crippen molar-refractivity contribution in [2.75, 3.05) is 12.4 Å². The molecule has 3 aromatic rings. The maximum Gasteiger partial charge on any atom is 0.276 e. The van der Waals surface area contributed by atoms with Crippen molar-refractivity contribution in [2.45, 2.75) is 11.6 Å². The van der Waals surface area contributed by atoms with Crippen LogP contribution in [0.3, 0.4) is 0 Å². The van der Waals surface area contributed by atoms with Gasteiger partial charge in [0.2, 0.25) is 5.89 Å². The predicted molar refractivity (Wildman–Crippen MR) is 93.7 cm³/mol. The lowest BCUT2D eigenvalue weighted by Crippen LogP contribution is -1.98. The number of rotatable bonds is 8. The first-order valence-electron chi connectivity index (χ1n) is 7.61. The van der Waals surface area contributed by atoms with Crippen molar-refractivity contribution in [2.24, 2.45) is 0 Å². The van der Waals surface area contributed by atoms with Crippen LogP contribution in [0.1, 0.15) is 6.42 Å². The standard InChI is InChI=1S/C17H15N3O4S/c21-20(22)14-7-9-15(10-8-14)23-11-4-12-25-17-19-18-16(24-17)13-5-2-1-3-6-13/h1-3,5-10H,4,11-12H2. The second-order valence-corrected chi connectivity index (χ2v) is 6.09. The fourth-order valence-electron chi connectivity index (χ4n) is 2.04. The topological polar surface area (TPSA) is 91.3 Å². The molecule has 0 saturated heterocycles. The number of non-ortho nitro benzene ring substituents is 1. The average Bonchev–Trinajstić information content (AvgIpc) is 3.11. The Bertz CT molecular complexity index is 821. The molecule has 0 aliphatic carbocycles. The Morgan fingerprint density at radius 2 is 1.84 bits per heavy atom. The van der Waals surface area contributed by atoms with Crippen molar-refractivity contribution in [1.82, 2.24) is 10.2 Å². The van der Waals surface area contributed by atoms with Crippen LogP contribution in [0.2, 0.25) is 0 Å². The Morgan fingerprint density at radius 1 is 1.08 bits per heavy atom. The summed E-state index contributed by atoms with van der Waals surface area (Å²) in [6.45, 7) is 0.504. The smallest absolute Gasteiger partial charge is 0.276 e. The lowest BCUT2D eigenvalue weighted by atomic mass is 10.2. The summed E-state index contributed by atoms with van der Waals surface area (Å²) in [6, 6.07) is 15.6. The zero-order valence-electron chi connectivity index (χ0n) is 13.2. The fourth-order valence-corrected chi connectivity index (χ4v) is 2.71. The summed E-state index contributed by atoms with van der Waals surface area (Å²) in [4.78, 5) is 10.1. The Morgan fingerprint density at radius 3 is 2.56 bits per heavy atom. The van der Waals surface area contributed by atoms with Crippen LogP contribution >= 0.6 is 11.8 Å². The van der Waals surface area contributed by atoms with Gasteiger partial charge in [-0.1, -0.05) is 30.0 Å². The van der Waals surface area contributed by atoms with E-state index in [0.717, 1.165) is 17.7 Å². The van der Waals surface area contributed by atoms with Crippen molar-refractivity contribution < 1.29 is 14.1 Å². The molecule has 0 bridgehead atoms. The number of nitrogens with zero attached hydrogens (tertiary/aromatic N) is 3. The second kappa shape index (κ2) is 8.29. The first-order valence-corrected chi connectivity index (χ1v) is 8.60. The first kappa shape index (κ1) is 17.0. The monoisotopic (exact) mass is 357 g/mol.